The normalized spacial score (nSPS) is 11.9. The maximum absolute atomic E-state index is 15.5. The highest BCUT2D eigenvalue weighted by atomic mass is 19.2. The van der Waals surface area contributed by atoms with Crippen molar-refractivity contribution in [2.75, 3.05) is 0 Å². The van der Waals surface area contributed by atoms with E-state index in [0.29, 0.717) is 0 Å². The molecule has 0 saturated carbocycles. The van der Waals surface area contributed by atoms with Crippen LogP contribution in [0, 0.1) is 75.5 Å². The van der Waals surface area contributed by atoms with Crippen molar-refractivity contribution in [2.45, 2.75) is 0 Å². The summed E-state index contributed by atoms with van der Waals surface area (Å²) in [5.41, 5.74) is -7.66. The summed E-state index contributed by atoms with van der Waals surface area (Å²) in [6.07, 6.45) is 0. The van der Waals surface area contributed by atoms with Gasteiger partial charge in [-0.1, -0.05) is 0 Å². The van der Waals surface area contributed by atoms with Gasteiger partial charge in [0.1, 0.15) is 23.2 Å². The monoisotopic (exact) mass is 494 g/mol. The molecule has 0 amide bonds. The van der Waals surface area contributed by atoms with E-state index in [-0.39, 0.29) is 0 Å². The van der Waals surface area contributed by atoms with Crippen LogP contribution in [0.3, 0.4) is 0 Å². The van der Waals surface area contributed by atoms with E-state index in [1.165, 1.54) is 18.2 Å². The smallest absolute Gasteiger partial charge is 0.322 e. The fraction of sp³-hybridized carbons (Fsp3) is 0. The average molecular weight is 494 g/mol. The number of oxazole rings is 2. The molecule has 5 rings (SSSR count). The molecule has 0 N–H and O–H groups in total. The number of rotatable bonds is 0. The van der Waals surface area contributed by atoms with Crippen LogP contribution in [0.15, 0.2) is 8.83 Å². The molecule has 0 atom stereocenters. The van der Waals surface area contributed by atoms with Gasteiger partial charge in [0.15, 0.2) is 51.6 Å². The third kappa shape index (κ3) is 2.61. The summed E-state index contributed by atoms with van der Waals surface area (Å²) in [6, 6.07) is 4.09. The molecule has 0 unspecified atom stereocenters. The van der Waals surface area contributed by atoms with Gasteiger partial charge in [0.05, 0.1) is 23.4 Å². The summed E-state index contributed by atoms with van der Waals surface area (Å²) >= 11 is 0. The van der Waals surface area contributed by atoms with Crippen LogP contribution >= 0.6 is 0 Å². The zero-order valence-electron chi connectivity index (χ0n) is 16.8. The molecule has 0 aliphatic carbocycles. The van der Waals surface area contributed by atoms with E-state index < -0.39 is 101 Å². The minimum Gasteiger partial charge on any atom is -0.443 e. The average Bonchev–Trinajstić information content (AvgIpc) is 3.50. The van der Waals surface area contributed by atoms with Crippen molar-refractivity contribution >= 4 is 55.0 Å². The van der Waals surface area contributed by atoms with Gasteiger partial charge in [-0.2, -0.15) is 10.5 Å². The molecule has 5 aromatic rings. The summed E-state index contributed by atoms with van der Waals surface area (Å²) in [5.74, 6) is -11.2. The van der Waals surface area contributed by atoms with Crippen molar-refractivity contribution < 1.29 is 35.2 Å². The molecular weight excluding hydrogens is 494 g/mol. The zero-order valence-corrected chi connectivity index (χ0v) is 16.8. The highest BCUT2D eigenvalue weighted by Gasteiger charge is 2.32. The van der Waals surface area contributed by atoms with E-state index >= 15 is 17.6 Å². The van der Waals surface area contributed by atoms with E-state index in [1.54, 1.807) is 0 Å². The summed E-state index contributed by atoms with van der Waals surface area (Å²) in [7, 11) is 0. The molecule has 0 aliphatic heterocycles. The van der Waals surface area contributed by atoms with Crippen LogP contribution in [0.25, 0.3) is 59.9 Å². The van der Waals surface area contributed by atoms with E-state index in [2.05, 4.69) is 14.8 Å². The Kier molecular flexibility index (Phi) is 4.60. The van der Waals surface area contributed by atoms with Gasteiger partial charge in [-0.05, 0) is 0 Å². The Bertz CT molecular complexity index is 1980. The molecule has 14 heteroatoms. The SMILES string of the molecule is [C-]#[N+]/C(C#N)=c1\nc2c(F)c3c(F)c(F)c4c(F)c5nc(=C(C#N)C#N)oc5c(F)c4c3c(F)c2o1. The Hall–Kier alpha value is -5.60. The number of hydrogen-bond acceptors (Lipinski definition) is 7. The van der Waals surface area contributed by atoms with E-state index in [1.807, 2.05) is 0 Å². The predicted molar refractivity (Wildman–Crippen MR) is 106 cm³/mol. The molecule has 0 spiro atoms. The van der Waals surface area contributed by atoms with Gasteiger partial charge in [-0.15, -0.1) is 0 Å². The van der Waals surface area contributed by atoms with E-state index in [0.717, 1.165) is 0 Å². The number of nitrogens with zero attached hydrogens (tertiary/aromatic N) is 6. The molecular formula is C22F6N6O2. The summed E-state index contributed by atoms with van der Waals surface area (Å²) in [6.45, 7) is 6.90. The highest BCUT2D eigenvalue weighted by molar-refractivity contribution is 6.15. The highest BCUT2D eigenvalue weighted by Crippen LogP contribution is 2.42. The zero-order chi connectivity index (χ0) is 26.0. The topological polar surface area (TPSA) is 128 Å². The fourth-order valence-electron chi connectivity index (χ4n) is 3.69. The number of hydrogen-bond donors (Lipinski definition) is 0. The molecule has 0 saturated heterocycles. The van der Waals surface area contributed by atoms with Crippen LogP contribution < -0.4 is 11.1 Å². The molecule has 0 bridgehead atoms. The van der Waals surface area contributed by atoms with Gasteiger partial charge in [-0.25, -0.2) is 46.4 Å². The van der Waals surface area contributed by atoms with E-state index in [9.17, 15) is 8.78 Å². The lowest BCUT2D eigenvalue weighted by atomic mass is 9.97. The lowest BCUT2D eigenvalue weighted by Crippen LogP contribution is -2.04. The largest absolute Gasteiger partial charge is 0.443 e. The maximum Gasteiger partial charge on any atom is 0.322 e. The Morgan fingerprint density at radius 3 is 1.50 bits per heavy atom. The first-order valence-corrected chi connectivity index (χ1v) is 9.21. The van der Waals surface area contributed by atoms with Gasteiger partial charge in [-0.3, -0.25) is 0 Å². The Morgan fingerprint density at radius 1 is 0.639 bits per heavy atom. The molecule has 8 nitrogen and oxygen atoms in total. The standard InChI is InChI=1S/C22F6N6O2/c1-32-6(4-31)22-34-18-14(26)10-8(16(28)20(18)36-22)7-9(11(23)12(10)24)13(25)17-19(15(7)27)35-21(33-17)5(2-29)3-30/b22-6+. The first-order valence-electron chi connectivity index (χ1n) is 9.21. The van der Waals surface area contributed by atoms with Crippen molar-refractivity contribution in [1.29, 1.82) is 15.8 Å². The molecule has 172 valence electrons. The van der Waals surface area contributed by atoms with E-state index in [4.69, 9.17) is 31.2 Å². The van der Waals surface area contributed by atoms with Crippen molar-refractivity contribution in [3.8, 4) is 18.2 Å². The molecule has 0 fully saturated rings. The first kappa shape index (κ1) is 22.2. The third-order valence-electron chi connectivity index (χ3n) is 5.19. The van der Waals surface area contributed by atoms with Crippen LogP contribution in [0.1, 0.15) is 0 Å². The molecule has 36 heavy (non-hydrogen) atoms. The van der Waals surface area contributed by atoms with Crippen molar-refractivity contribution in [3.05, 3.63) is 57.4 Å². The lowest BCUT2D eigenvalue weighted by molar-refractivity contribution is 0.510. The van der Waals surface area contributed by atoms with Gasteiger partial charge in [0.2, 0.25) is 11.1 Å². The Balaban J connectivity index is 2.15. The number of fused-ring (bicyclic) bond motifs is 5. The van der Waals surface area contributed by atoms with Crippen LogP contribution in [0.5, 0.6) is 0 Å². The number of halogens is 6. The third-order valence-corrected chi connectivity index (χ3v) is 5.19. The Morgan fingerprint density at radius 2 is 1.08 bits per heavy atom. The number of nitriles is 3. The van der Waals surface area contributed by atoms with Gasteiger partial charge in [0, 0.05) is 10.8 Å². The molecule has 2 aromatic heterocycles. The summed E-state index contributed by atoms with van der Waals surface area (Å²) in [5, 5.41) is 21.3. The van der Waals surface area contributed by atoms with Crippen LogP contribution in [-0.2, 0) is 0 Å². The minimum absolute atomic E-state index is 0.817. The van der Waals surface area contributed by atoms with Gasteiger partial charge < -0.3 is 8.83 Å². The van der Waals surface area contributed by atoms with Crippen LogP contribution in [0.2, 0.25) is 0 Å². The minimum atomic E-state index is -2.11. The lowest BCUT2D eigenvalue weighted by Gasteiger charge is -2.11. The molecule has 0 aliphatic rings. The Labute approximate surface area is 192 Å². The molecule has 2 heterocycles. The van der Waals surface area contributed by atoms with Gasteiger partial charge in [0.25, 0.3) is 0 Å². The second kappa shape index (κ2) is 7.45. The second-order valence-corrected chi connectivity index (χ2v) is 6.95. The van der Waals surface area contributed by atoms with Crippen LogP contribution in [-0.4, -0.2) is 9.97 Å². The molecule has 3 aromatic carbocycles. The maximum atomic E-state index is 15.5. The van der Waals surface area contributed by atoms with Gasteiger partial charge >= 0.3 is 5.70 Å². The predicted octanol–water partition coefficient (Wildman–Crippen LogP) is 3.86. The molecule has 0 radical (unpaired) electrons. The summed E-state index contributed by atoms with van der Waals surface area (Å²) in [4.78, 5) is 9.65. The van der Waals surface area contributed by atoms with Crippen molar-refractivity contribution in [3.63, 3.8) is 0 Å². The summed E-state index contributed by atoms with van der Waals surface area (Å²) < 4.78 is 101. The van der Waals surface area contributed by atoms with Crippen molar-refractivity contribution in [1.82, 2.24) is 9.97 Å². The number of aromatic nitrogens is 2. The van der Waals surface area contributed by atoms with Crippen molar-refractivity contribution in [2.24, 2.45) is 0 Å². The second-order valence-electron chi connectivity index (χ2n) is 6.95. The van der Waals surface area contributed by atoms with Crippen LogP contribution in [0.4, 0.5) is 26.3 Å². The fourth-order valence-corrected chi connectivity index (χ4v) is 3.69. The first-order chi connectivity index (χ1) is 17.2. The quantitative estimate of drug-likeness (QED) is 0.182. The number of benzene rings is 3.